The molecule has 2 fully saturated rings. The number of nitrogens with zero attached hydrogens (tertiary/aromatic N) is 7. The molecule has 2 unspecified atom stereocenters. The van der Waals surface area contributed by atoms with Gasteiger partial charge in [-0.3, -0.25) is 9.88 Å². The standard InChI is InChI=1S/C33H43N11/c1-2-29-7-5-25(20-38-29)24-43-13-15-44(16-14-43)31-8-6-26(22-39-31)33-32(27(17-34)18-35)40-23-30(41-33)28(19-36)21-37-9-12-42-10-3-4-11-42/h5-8,17,19-23,27,32,34,36-37,40H,2-4,9-16,24H2,1H3/b28-21+,34-17?,36-19?. The van der Waals surface area contributed by atoms with Gasteiger partial charge in [0.05, 0.1) is 23.5 Å². The van der Waals surface area contributed by atoms with Crippen LogP contribution in [0.4, 0.5) is 5.82 Å². The topological polar surface area (TPSA) is 143 Å². The molecule has 0 aliphatic carbocycles. The average molecular weight is 594 g/mol. The summed E-state index contributed by atoms with van der Waals surface area (Å²) >= 11 is 0. The summed E-state index contributed by atoms with van der Waals surface area (Å²) in [5.74, 6) is 0.212. The van der Waals surface area contributed by atoms with Gasteiger partial charge in [-0.25, -0.2) is 9.98 Å². The number of aryl methyl sites for hydroxylation is 1. The van der Waals surface area contributed by atoms with Gasteiger partial charge in [-0.2, -0.15) is 5.26 Å². The lowest BCUT2D eigenvalue weighted by molar-refractivity contribution is 0.249. The molecular weight excluding hydrogens is 550 g/mol. The molecule has 0 aromatic carbocycles. The number of nitriles is 1. The quantitative estimate of drug-likeness (QED) is 0.205. The predicted molar refractivity (Wildman–Crippen MR) is 175 cm³/mol. The minimum absolute atomic E-state index is 0.492. The number of likely N-dealkylation sites (tertiary alicyclic amines) is 1. The molecule has 5 rings (SSSR count). The molecule has 2 atom stereocenters. The third kappa shape index (κ3) is 7.75. The largest absolute Gasteiger partial charge is 0.389 e. The van der Waals surface area contributed by atoms with Crippen LogP contribution in [0.5, 0.6) is 0 Å². The molecule has 2 saturated heterocycles. The molecule has 0 radical (unpaired) electrons. The molecule has 3 aliphatic rings. The summed E-state index contributed by atoms with van der Waals surface area (Å²) in [6, 6.07) is 10.0. The van der Waals surface area contributed by atoms with Crippen LogP contribution in [-0.4, -0.2) is 96.3 Å². The number of allylic oxidation sites excluding steroid dienone is 1. The summed E-state index contributed by atoms with van der Waals surface area (Å²) in [6.07, 6.45) is 13.3. The first-order valence-electron chi connectivity index (χ1n) is 15.6. The van der Waals surface area contributed by atoms with E-state index in [9.17, 15) is 5.26 Å². The summed E-state index contributed by atoms with van der Waals surface area (Å²) in [7, 11) is 0. The zero-order chi connectivity index (χ0) is 30.7. The van der Waals surface area contributed by atoms with Crippen molar-refractivity contribution in [1.29, 1.82) is 16.1 Å². The maximum absolute atomic E-state index is 9.74. The van der Waals surface area contributed by atoms with Gasteiger partial charge in [0.1, 0.15) is 11.7 Å². The minimum atomic E-state index is -0.696. The Balaban J connectivity index is 1.24. The molecule has 0 saturated carbocycles. The van der Waals surface area contributed by atoms with E-state index in [0.717, 1.165) is 88.6 Å². The van der Waals surface area contributed by atoms with Crippen LogP contribution in [0.1, 0.15) is 36.6 Å². The minimum Gasteiger partial charge on any atom is -0.389 e. The van der Waals surface area contributed by atoms with Crippen molar-refractivity contribution in [3.05, 3.63) is 77.2 Å². The zero-order valence-corrected chi connectivity index (χ0v) is 25.5. The van der Waals surface area contributed by atoms with Gasteiger partial charge < -0.3 is 31.3 Å². The number of piperazine rings is 1. The number of aromatic nitrogens is 2. The van der Waals surface area contributed by atoms with Crippen LogP contribution in [0, 0.1) is 28.1 Å². The Morgan fingerprint density at radius 1 is 1.07 bits per heavy atom. The number of pyridine rings is 2. The fourth-order valence-electron chi connectivity index (χ4n) is 5.83. The van der Waals surface area contributed by atoms with Crippen LogP contribution < -0.4 is 15.5 Å². The number of hydrogen-bond donors (Lipinski definition) is 4. The second-order valence-electron chi connectivity index (χ2n) is 11.4. The van der Waals surface area contributed by atoms with Crippen LogP contribution >= 0.6 is 0 Å². The van der Waals surface area contributed by atoms with E-state index in [1.165, 1.54) is 24.6 Å². The van der Waals surface area contributed by atoms with E-state index in [0.29, 0.717) is 17.0 Å². The third-order valence-electron chi connectivity index (χ3n) is 8.50. The van der Waals surface area contributed by atoms with Gasteiger partial charge in [0.25, 0.3) is 0 Å². The van der Waals surface area contributed by atoms with E-state index in [2.05, 4.69) is 55.4 Å². The van der Waals surface area contributed by atoms with Crippen LogP contribution in [0.2, 0.25) is 0 Å². The van der Waals surface area contributed by atoms with Crippen molar-refractivity contribution in [2.24, 2.45) is 10.9 Å². The van der Waals surface area contributed by atoms with Crippen molar-refractivity contribution in [3.8, 4) is 6.07 Å². The van der Waals surface area contributed by atoms with E-state index in [1.54, 1.807) is 12.4 Å². The average Bonchev–Trinajstić information content (AvgIpc) is 3.60. The smallest absolute Gasteiger partial charge is 0.128 e. The first-order valence-corrected chi connectivity index (χ1v) is 15.6. The molecule has 0 bridgehead atoms. The fourth-order valence-corrected chi connectivity index (χ4v) is 5.83. The summed E-state index contributed by atoms with van der Waals surface area (Å²) < 4.78 is 0. The molecule has 4 N–H and O–H groups in total. The summed E-state index contributed by atoms with van der Waals surface area (Å²) in [5.41, 5.74) is 5.01. The van der Waals surface area contributed by atoms with Crippen molar-refractivity contribution in [3.63, 3.8) is 0 Å². The monoisotopic (exact) mass is 593 g/mol. The molecule has 0 amide bonds. The zero-order valence-electron chi connectivity index (χ0n) is 25.5. The van der Waals surface area contributed by atoms with E-state index >= 15 is 0 Å². The van der Waals surface area contributed by atoms with Crippen LogP contribution in [0.3, 0.4) is 0 Å². The van der Waals surface area contributed by atoms with Crippen LogP contribution in [-0.2, 0) is 13.0 Å². The molecular formula is C33H43N11. The lowest BCUT2D eigenvalue weighted by atomic mass is 9.92. The van der Waals surface area contributed by atoms with Gasteiger partial charge in [-0.15, -0.1) is 0 Å². The van der Waals surface area contributed by atoms with Gasteiger partial charge in [0.2, 0.25) is 0 Å². The number of hydrogen-bond acceptors (Lipinski definition) is 11. The van der Waals surface area contributed by atoms with Gasteiger partial charge in [0, 0.05) is 99.9 Å². The van der Waals surface area contributed by atoms with E-state index in [-0.39, 0.29) is 0 Å². The number of aliphatic imine (C=N–C) groups is 1. The Kier molecular flexibility index (Phi) is 10.8. The highest BCUT2D eigenvalue weighted by atomic mass is 15.3. The van der Waals surface area contributed by atoms with Gasteiger partial charge in [-0.1, -0.05) is 13.0 Å². The highest BCUT2D eigenvalue weighted by Crippen LogP contribution is 2.22. The highest BCUT2D eigenvalue weighted by Gasteiger charge is 2.29. The van der Waals surface area contributed by atoms with Gasteiger partial charge >= 0.3 is 0 Å². The first kappa shape index (κ1) is 31.0. The number of rotatable bonds is 13. The van der Waals surface area contributed by atoms with E-state index in [1.807, 2.05) is 24.5 Å². The number of nitrogens with one attached hydrogen (secondary N) is 4. The maximum Gasteiger partial charge on any atom is 0.128 e. The Bertz CT molecular complexity index is 1390. The Hall–Kier alpha value is -4.40. The van der Waals surface area contributed by atoms with Crippen molar-refractivity contribution in [2.45, 2.75) is 38.8 Å². The maximum atomic E-state index is 9.74. The fraction of sp³-hybridized carbons (Fsp3) is 0.455. The molecule has 2 aromatic rings. The van der Waals surface area contributed by atoms with Crippen molar-refractivity contribution < 1.29 is 0 Å². The summed E-state index contributed by atoms with van der Waals surface area (Å²) in [5, 5.41) is 32.2. The van der Waals surface area contributed by atoms with Crippen molar-refractivity contribution >= 4 is 24.0 Å². The Morgan fingerprint density at radius 3 is 2.52 bits per heavy atom. The Labute approximate surface area is 260 Å². The lowest BCUT2D eigenvalue weighted by Gasteiger charge is -2.35. The summed E-state index contributed by atoms with van der Waals surface area (Å²) in [6.45, 7) is 10.7. The SMILES string of the molecule is CCc1ccc(CN2CCN(c3ccc(C4=NC(/C(C=N)=C/NCCN5CCCC5)=CNC4C(C#N)C=N)cn3)CC2)cn1. The number of anilines is 1. The second-order valence-corrected chi connectivity index (χ2v) is 11.4. The first-order chi connectivity index (χ1) is 21.6. The molecule has 11 heteroatoms. The highest BCUT2D eigenvalue weighted by molar-refractivity contribution is 6.08. The third-order valence-corrected chi connectivity index (χ3v) is 8.50. The normalized spacial score (nSPS) is 20.2. The molecule has 5 heterocycles. The molecule has 230 valence electrons. The molecule has 44 heavy (non-hydrogen) atoms. The van der Waals surface area contributed by atoms with Crippen LogP contribution in [0.15, 0.2) is 65.3 Å². The van der Waals surface area contributed by atoms with Crippen LogP contribution in [0.25, 0.3) is 0 Å². The second kappa shape index (κ2) is 15.4. The molecule has 2 aromatic heterocycles. The van der Waals surface area contributed by atoms with Gasteiger partial charge in [-0.05, 0) is 56.1 Å². The molecule has 11 nitrogen and oxygen atoms in total. The molecule has 3 aliphatic heterocycles. The molecule has 0 spiro atoms. The van der Waals surface area contributed by atoms with Crippen molar-refractivity contribution in [2.75, 3.05) is 57.3 Å². The van der Waals surface area contributed by atoms with E-state index < -0.39 is 12.0 Å². The predicted octanol–water partition coefficient (Wildman–Crippen LogP) is 2.97. The lowest BCUT2D eigenvalue weighted by Crippen LogP contribution is -2.46. The van der Waals surface area contributed by atoms with Gasteiger partial charge in [0.15, 0.2) is 0 Å². The summed E-state index contributed by atoms with van der Waals surface area (Å²) in [4.78, 5) is 21.4. The van der Waals surface area contributed by atoms with Crippen molar-refractivity contribution in [1.82, 2.24) is 30.4 Å². The Morgan fingerprint density at radius 2 is 1.89 bits per heavy atom. The van der Waals surface area contributed by atoms with E-state index in [4.69, 9.17) is 20.8 Å².